The third-order valence-corrected chi connectivity index (χ3v) is 6.20. The largest absolute Gasteiger partial charge is 0.490 e. The van der Waals surface area contributed by atoms with E-state index in [1.807, 2.05) is 37.6 Å². The first-order valence-electron chi connectivity index (χ1n) is 10.0. The van der Waals surface area contributed by atoms with E-state index in [0.29, 0.717) is 6.54 Å². The quantitative estimate of drug-likeness (QED) is 0.526. The summed E-state index contributed by atoms with van der Waals surface area (Å²) in [7, 11) is 0. The van der Waals surface area contributed by atoms with Gasteiger partial charge in [-0.05, 0) is 50.3 Å². The lowest BCUT2D eigenvalue weighted by atomic mass is 9.95. The van der Waals surface area contributed by atoms with Crippen molar-refractivity contribution >= 4 is 23.2 Å². The number of imidazole rings is 1. The number of alkyl halides is 3. The SMILES string of the molecule is Cc1ncc(CCNC(=O)c2c(-n3cccc3)sc3c2CCCC3)[nH]1.O=C(O)C(F)(F)F. The summed E-state index contributed by atoms with van der Waals surface area (Å²) >= 11 is 1.77. The minimum atomic E-state index is -5.08. The molecule has 4 rings (SSSR count). The molecule has 7 nitrogen and oxygen atoms in total. The molecule has 3 N–H and O–H groups in total. The molecule has 1 aliphatic carbocycles. The third-order valence-electron chi connectivity index (χ3n) is 4.90. The zero-order chi connectivity index (χ0) is 23.3. The van der Waals surface area contributed by atoms with E-state index in [2.05, 4.69) is 19.9 Å². The van der Waals surface area contributed by atoms with Crippen LogP contribution in [-0.4, -0.2) is 44.2 Å². The highest BCUT2D eigenvalue weighted by Gasteiger charge is 2.38. The van der Waals surface area contributed by atoms with Crippen LogP contribution in [-0.2, 0) is 24.1 Å². The number of thiophene rings is 1. The van der Waals surface area contributed by atoms with Crippen LogP contribution < -0.4 is 5.32 Å². The number of carboxylic acid groups (broad SMARTS) is 1. The Labute approximate surface area is 186 Å². The van der Waals surface area contributed by atoms with Crippen molar-refractivity contribution in [2.24, 2.45) is 0 Å². The number of hydrogen-bond donors (Lipinski definition) is 3. The maximum atomic E-state index is 12.9. The van der Waals surface area contributed by atoms with E-state index in [0.717, 1.165) is 41.3 Å². The summed E-state index contributed by atoms with van der Waals surface area (Å²) in [5.74, 6) is -1.81. The molecule has 0 unspecified atom stereocenters. The molecule has 0 radical (unpaired) electrons. The van der Waals surface area contributed by atoms with Gasteiger partial charge in [0.25, 0.3) is 5.91 Å². The predicted molar refractivity (Wildman–Crippen MR) is 113 cm³/mol. The molecule has 32 heavy (non-hydrogen) atoms. The van der Waals surface area contributed by atoms with Crippen LogP contribution in [0.4, 0.5) is 13.2 Å². The van der Waals surface area contributed by atoms with Crippen LogP contribution in [0.5, 0.6) is 0 Å². The number of carbonyl (C=O) groups excluding carboxylic acids is 1. The van der Waals surface area contributed by atoms with E-state index in [9.17, 15) is 18.0 Å². The first kappa shape index (κ1) is 23.6. The summed E-state index contributed by atoms with van der Waals surface area (Å²) in [6.45, 7) is 2.54. The second-order valence-corrected chi connectivity index (χ2v) is 8.37. The molecule has 3 aromatic heterocycles. The molecule has 172 valence electrons. The molecular weight excluding hydrogens is 445 g/mol. The van der Waals surface area contributed by atoms with E-state index in [-0.39, 0.29) is 5.91 Å². The number of aliphatic carboxylic acids is 1. The summed E-state index contributed by atoms with van der Waals surface area (Å²) < 4.78 is 33.8. The van der Waals surface area contributed by atoms with Gasteiger partial charge in [0.1, 0.15) is 10.8 Å². The van der Waals surface area contributed by atoms with Crippen molar-refractivity contribution in [3.8, 4) is 5.00 Å². The van der Waals surface area contributed by atoms with Crippen LogP contribution in [0, 0.1) is 6.92 Å². The van der Waals surface area contributed by atoms with E-state index < -0.39 is 12.1 Å². The summed E-state index contributed by atoms with van der Waals surface area (Å²) in [6.07, 6.45) is 6.03. The summed E-state index contributed by atoms with van der Waals surface area (Å²) in [5, 5.41) is 11.3. The molecule has 3 aromatic rings. The van der Waals surface area contributed by atoms with Crippen LogP contribution in [0.25, 0.3) is 5.00 Å². The molecule has 0 atom stereocenters. The minimum Gasteiger partial charge on any atom is -0.475 e. The topological polar surface area (TPSA) is 100 Å². The maximum Gasteiger partial charge on any atom is 0.490 e. The predicted octanol–water partition coefficient (Wildman–Crippen LogP) is 4.05. The summed E-state index contributed by atoms with van der Waals surface area (Å²) in [6, 6.07) is 4.00. The van der Waals surface area contributed by atoms with E-state index in [4.69, 9.17) is 9.90 Å². The molecule has 0 aliphatic heterocycles. The first-order valence-corrected chi connectivity index (χ1v) is 10.8. The number of aromatic amines is 1. The highest BCUT2D eigenvalue weighted by atomic mass is 32.1. The normalized spacial score (nSPS) is 13.1. The van der Waals surface area contributed by atoms with Crippen molar-refractivity contribution < 1.29 is 27.9 Å². The number of carboxylic acids is 1. The zero-order valence-corrected chi connectivity index (χ0v) is 18.1. The van der Waals surface area contributed by atoms with Crippen molar-refractivity contribution in [1.29, 1.82) is 0 Å². The number of amides is 1. The monoisotopic (exact) mass is 468 g/mol. The van der Waals surface area contributed by atoms with Gasteiger partial charge in [0, 0.05) is 42.1 Å². The number of carbonyl (C=O) groups is 2. The van der Waals surface area contributed by atoms with Gasteiger partial charge < -0.3 is 20.0 Å². The van der Waals surface area contributed by atoms with Crippen LogP contribution in [0.15, 0.2) is 30.7 Å². The fourth-order valence-corrected chi connectivity index (χ4v) is 4.79. The number of nitrogens with zero attached hydrogens (tertiary/aromatic N) is 2. The van der Waals surface area contributed by atoms with Gasteiger partial charge in [-0.2, -0.15) is 13.2 Å². The molecule has 0 saturated heterocycles. The van der Waals surface area contributed by atoms with E-state index in [1.54, 1.807) is 11.3 Å². The maximum absolute atomic E-state index is 12.9. The number of H-pyrrole nitrogens is 1. The van der Waals surface area contributed by atoms with Gasteiger partial charge in [0.05, 0.1) is 5.56 Å². The van der Waals surface area contributed by atoms with Gasteiger partial charge in [0.15, 0.2) is 0 Å². The first-order chi connectivity index (χ1) is 15.2. The average Bonchev–Trinajstić information content (AvgIpc) is 3.47. The van der Waals surface area contributed by atoms with Gasteiger partial charge in [-0.1, -0.05) is 0 Å². The lowest BCUT2D eigenvalue weighted by molar-refractivity contribution is -0.192. The van der Waals surface area contributed by atoms with Crippen molar-refractivity contribution in [2.75, 3.05) is 6.54 Å². The summed E-state index contributed by atoms with van der Waals surface area (Å²) in [4.78, 5) is 30.6. The van der Waals surface area contributed by atoms with Crippen molar-refractivity contribution in [2.45, 2.75) is 45.2 Å². The Morgan fingerprint density at radius 3 is 2.50 bits per heavy atom. The Balaban J connectivity index is 0.000000360. The lowest BCUT2D eigenvalue weighted by Gasteiger charge is -2.13. The van der Waals surface area contributed by atoms with Gasteiger partial charge >= 0.3 is 12.1 Å². The van der Waals surface area contributed by atoms with E-state index >= 15 is 0 Å². The van der Waals surface area contributed by atoms with Crippen LogP contribution >= 0.6 is 11.3 Å². The Morgan fingerprint density at radius 2 is 1.91 bits per heavy atom. The zero-order valence-electron chi connectivity index (χ0n) is 17.3. The number of rotatable bonds is 5. The smallest absolute Gasteiger partial charge is 0.475 e. The average molecular weight is 469 g/mol. The molecule has 0 spiro atoms. The molecule has 3 heterocycles. The second-order valence-electron chi connectivity index (χ2n) is 7.28. The molecule has 0 bridgehead atoms. The third kappa shape index (κ3) is 5.78. The van der Waals surface area contributed by atoms with Crippen LogP contribution in [0.2, 0.25) is 0 Å². The van der Waals surface area contributed by atoms with Gasteiger partial charge in [-0.25, -0.2) is 9.78 Å². The minimum absolute atomic E-state index is 0.0411. The number of hydrogen-bond acceptors (Lipinski definition) is 4. The molecule has 11 heteroatoms. The second kappa shape index (κ2) is 10.0. The Morgan fingerprint density at radius 1 is 1.25 bits per heavy atom. The summed E-state index contributed by atoms with van der Waals surface area (Å²) in [5.41, 5.74) is 3.18. The van der Waals surface area contributed by atoms with Gasteiger partial charge in [-0.15, -0.1) is 11.3 Å². The number of halogens is 3. The fourth-order valence-electron chi connectivity index (χ4n) is 3.44. The molecule has 0 aromatic carbocycles. The molecule has 1 amide bonds. The van der Waals surface area contributed by atoms with E-state index in [1.165, 1.54) is 23.3 Å². The Hall–Kier alpha value is -3.08. The van der Waals surface area contributed by atoms with Crippen molar-refractivity contribution in [3.63, 3.8) is 0 Å². The number of fused-ring (bicyclic) bond motifs is 1. The molecule has 0 fully saturated rings. The molecular formula is C21H23F3N4O3S. The Kier molecular flexibility index (Phi) is 7.39. The number of nitrogens with one attached hydrogen (secondary N) is 2. The standard InChI is InChI=1S/C19H22N4OS.C2HF3O2/c1-13-21-12-14(22-13)8-9-20-18(24)17-15-6-2-3-7-16(15)25-19(17)23-10-4-5-11-23;3-2(4,5)1(6)7/h4-5,10-12H,2-3,6-9H2,1H3,(H,20,24)(H,21,22);(H,6,7). The highest BCUT2D eigenvalue weighted by molar-refractivity contribution is 7.15. The van der Waals surface area contributed by atoms with Crippen molar-refractivity contribution in [3.05, 3.63) is 58.2 Å². The number of aromatic nitrogens is 3. The van der Waals surface area contributed by atoms with Gasteiger partial charge in [-0.3, -0.25) is 4.79 Å². The van der Waals surface area contributed by atoms with Gasteiger partial charge in [0.2, 0.25) is 0 Å². The Bertz CT molecular complexity index is 1070. The fraction of sp³-hybridized carbons (Fsp3) is 0.381. The van der Waals surface area contributed by atoms with Crippen molar-refractivity contribution in [1.82, 2.24) is 19.9 Å². The molecule has 1 aliphatic rings. The lowest BCUT2D eigenvalue weighted by Crippen LogP contribution is -2.27. The highest BCUT2D eigenvalue weighted by Crippen LogP contribution is 2.36. The van der Waals surface area contributed by atoms with Crippen LogP contribution in [0.1, 0.15) is 45.2 Å². The van der Waals surface area contributed by atoms with Crippen LogP contribution in [0.3, 0.4) is 0 Å². The number of aryl methyl sites for hydroxylation is 2. The molecule has 0 saturated carbocycles.